The largest absolute Gasteiger partial charge is 0.478 e. The van der Waals surface area contributed by atoms with Crippen LogP contribution in [0.25, 0.3) is 0 Å². The third kappa shape index (κ3) is 2.07. The lowest BCUT2D eigenvalue weighted by molar-refractivity contribution is -0.00817. The van der Waals surface area contributed by atoms with Crippen LogP contribution in [0.2, 0.25) is 0 Å². The van der Waals surface area contributed by atoms with Gasteiger partial charge in [-0.25, -0.2) is 4.79 Å². The fraction of sp³-hybridized carbons (Fsp3) is 0.500. The highest BCUT2D eigenvalue weighted by molar-refractivity contribution is 5.89. The summed E-state index contributed by atoms with van der Waals surface area (Å²) in [7, 11) is 0. The zero-order valence-corrected chi connectivity index (χ0v) is 12.2. The van der Waals surface area contributed by atoms with E-state index in [4.69, 9.17) is 0 Å². The Balaban J connectivity index is 1.72. The number of carbonyl (C=O) groups is 1. The van der Waals surface area contributed by atoms with E-state index < -0.39 is 5.97 Å². The Morgan fingerprint density at radius 2 is 2.05 bits per heavy atom. The maximum absolute atomic E-state index is 11.2. The first kappa shape index (κ1) is 13.4. The van der Waals surface area contributed by atoms with Gasteiger partial charge in [-0.05, 0) is 54.6 Å². The number of fused-ring (bicyclic) bond motifs is 1. The zero-order valence-electron chi connectivity index (χ0n) is 12.2. The number of aromatic carboxylic acids is 1. The molecule has 2 heteroatoms. The molecular formula is C18H22O2. The van der Waals surface area contributed by atoms with Gasteiger partial charge in [0, 0.05) is 0 Å². The van der Waals surface area contributed by atoms with Crippen molar-refractivity contribution in [2.45, 2.75) is 39.5 Å². The molecular weight excluding hydrogens is 248 g/mol. The second-order valence-corrected chi connectivity index (χ2v) is 6.78. The third-order valence-electron chi connectivity index (χ3n) is 5.51. The van der Waals surface area contributed by atoms with E-state index in [1.54, 1.807) is 17.7 Å². The fourth-order valence-electron chi connectivity index (χ4n) is 3.98. The van der Waals surface area contributed by atoms with Crippen LogP contribution in [0, 0.1) is 17.3 Å². The van der Waals surface area contributed by atoms with Crippen molar-refractivity contribution in [3.63, 3.8) is 0 Å². The summed E-state index contributed by atoms with van der Waals surface area (Å²) in [5.41, 5.74) is 3.42. The van der Waals surface area contributed by atoms with Gasteiger partial charge < -0.3 is 5.11 Å². The molecule has 0 aliphatic heterocycles. The first-order chi connectivity index (χ1) is 9.50. The Labute approximate surface area is 120 Å². The molecule has 1 aromatic carbocycles. The van der Waals surface area contributed by atoms with Crippen molar-refractivity contribution >= 4 is 5.97 Å². The van der Waals surface area contributed by atoms with E-state index in [9.17, 15) is 9.90 Å². The van der Waals surface area contributed by atoms with Gasteiger partial charge in [-0.1, -0.05) is 43.7 Å². The van der Waals surface area contributed by atoms with E-state index in [0.717, 1.165) is 30.2 Å². The summed E-state index contributed by atoms with van der Waals surface area (Å²) in [6, 6.07) is 7.38. The number of aryl methyl sites for hydroxylation is 1. The van der Waals surface area contributed by atoms with Crippen molar-refractivity contribution in [1.82, 2.24) is 0 Å². The maximum Gasteiger partial charge on any atom is 0.335 e. The number of hydrogen-bond donors (Lipinski definition) is 1. The normalized spacial score (nSPS) is 26.6. The fourth-order valence-corrected chi connectivity index (χ4v) is 3.98. The number of hydrogen-bond acceptors (Lipinski definition) is 1. The van der Waals surface area contributed by atoms with Crippen LogP contribution in [-0.4, -0.2) is 11.1 Å². The number of rotatable bonds is 4. The van der Waals surface area contributed by atoms with Crippen LogP contribution >= 0.6 is 0 Å². The minimum atomic E-state index is -0.817. The van der Waals surface area contributed by atoms with Crippen molar-refractivity contribution in [2.75, 3.05) is 0 Å². The molecule has 0 amide bonds. The molecule has 3 aliphatic carbocycles. The van der Waals surface area contributed by atoms with E-state index in [2.05, 4.69) is 19.9 Å². The number of carboxylic acid groups (broad SMARTS) is 1. The van der Waals surface area contributed by atoms with Gasteiger partial charge in [-0.15, -0.1) is 0 Å². The molecule has 20 heavy (non-hydrogen) atoms. The molecule has 106 valence electrons. The zero-order chi connectivity index (χ0) is 14.3. The Hall–Kier alpha value is -1.57. The molecule has 1 aromatic rings. The lowest BCUT2D eigenvalue weighted by atomic mass is 9.48. The molecule has 0 heterocycles. The molecule has 0 spiro atoms. The van der Waals surface area contributed by atoms with E-state index in [1.165, 1.54) is 12.8 Å². The second-order valence-electron chi connectivity index (χ2n) is 6.78. The van der Waals surface area contributed by atoms with E-state index in [1.807, 2.05) is 12.1 Å². The van der Waals surface area contributed by atoms with Gasteiger partial charge in [-0.2, -0.15) is 0 Å². The highest BCUT2D eigenvalue weighted by Gasteiger charge is 2.50. The van der Waals surface area contributed by atoms with Crippen LogP contribution in [0.3, 0.4) is 0 Å². The molecule has 0 aromatic heterocycles. The first-order valence-electron chi connectivity index (χ1n) is 7.50. The Morgan fingerprint density at radius 3 is 2.70 bits per heavy atom. The Kier molecular flexibility index (Phi) is 3.19. The van der Waals surface area contributed by atoms with Crippen LogP contribution in [0.5, 0.6) is 0 Å². The average Bonchev–Trinajstić information content (AvgIpc) is 2.45. The first-order valence-corrected chi connectivity index (χ1v) is 7.50. The number of allylic oxidation sites excluding steroid dienone is 2. The molecule has 3 aliphatic rings. The molecule has 1 fully saturated rings. The summed E-state index contributed by atoms with van der Waals surface area (Å²) in [4.78, 5) is 11.2. The van der Waals surface area contributed by atoms with Gasteiger partial charge in [-0.3, -0.25) is 0 Å². The number of benzene rings is 1. The molecule has 0 saturated heterocycles. The molecule has 2 bridgehead atoms. The van der Waals surface area contributed by atoms with E-state index in [0.29, 0.717) is 11.0 Å². The Bertz CT molecular complexity index is 569. The van der Waals surface area contributed by atoms with Gasteiger partial charge in [0.05, 0.1) is 5.56 Å². The van der Waals surface area contributed by atoms with Crippen LogP contribution in [0.15, 0.2) is 35.9 Å². The summed E-state index contributed by atoms with van der Waals surface area (Å²) < 4.78 is 0. The van der Waals surface area contributed by atoms with Crippen molar-refractivity contribution in [3.05, 3.63) is 47.0 Å². The van der Waals surface area contributed by atoms with Crippen LogP contribution in [-0.2, 0) is 6.42 Å². The van der Waals surface area contributed by atoms with Gasteiger partial charge in [0.2, 0.25) is 0 Å². The van der Waals surface area contributed by atoms with Crippen LogP contribution in [0.1, 0.15) is 49.0 Å². The van der Waals surface area contributed by atoms with Gasteiger partial charge in [0.1, 0.15) is 0 Å². The molecule has 4 rings (SSSR count). The van der Waals surface area contributed by atoms with Gasteiger partial charge in [0.25, 0.3) is 0 Å². The molecule has 1 N–H and O–H groups in total. The molecule has 2 atom stereocenters. The topological polar surface area (TPSA) is 37.3 Å². The van der Waals surface area contributed by atoms with Crippen molar-refractivity contribution < 1.29 is 9.90 Å². The lowest BCUT2D eigenvalue weighted by Gasteiger charge is -2.56. The highest BCUT2D eigenvalue weighted by Crippen LogP contribution is 2.59. The minimum Gasteiger partial charge on any atom is -0.478 e. The molecule has 0 radical (unpaired) electrons. The molecule has 2 unspecified atom stereocenters. The molecule has 1 saturated carbocycles. The number of carboxylic acids is 1. The summed E-state index contributed by atoms with van der Waals surface area (Å²) in [6.45, 7) is 4.76. The minimum absolute atomic E-state index is 0.453. The predicted octanol–water partition coefficient (Wildman–Crippen LogP) is 4.31. The summed E-state index contributed by atoms with van der Waals surface area (Å²) in [5, 5.41) is 9.23. The van der Waals surface area contributed by atoms with Gasteiger partial charge >= 0.3 is 5.97 Å². The smallest absolute Gasteiger partial charge is 0.335 e. The lowest BCUT2D eigenvalue weighted by Crippen LogP contribution is -2.48. The quantitative estimate of drug-likeness (QED) is 0.828. The van der Waals surface area contributed by atoms with Crippen molar-refractivity contribution in [1.29, 1.82) is 0 Å². The molecule has 2 nitrogen and oxygen atoms in total. The van der Waals surface area contributed by atoms with E-state index >= 15 is 0 Å². The van der Waals surface area contributed by atoms with Crippen LogP contribution in [0.4, 0.5) is 0 Å². The highest BCUT2D eigenvalue weighted by atomic mass is 16.4. The standard InChI is InChI=1S/C18H22O2/c1-18(2)14-10-9-13(16(18)11-14)8-7-12-5-3-4-6-15(12)17(19)20/h3-6,9,14,16H,7-8,10-11H2,1-2H3,(H,19,20). The second kappa shape index (κ2) is 4.76. The van der Waals surface area contributed by atoms with Gasteiger partial charge in [0.15, 0.2) is 0 Å². The van der Waals surface area contributed by atoms with Crippen molar-refractivity contribution in [2.24, 2.45) is 17.3 Å². The van der Waals surface area contributed by atoms with E-state index in [-0.39, 0.29) is 0 Å². The summed E-state index contributed by atoms with van der Waals surface area (Å²) in [6.07, 6.45) is 6.79. The summed E-state index contributed by atoms with van der Waals surface area (Å²) in [5.74, 6) is 0.767. The predicted molar refractivity (Wildman–Crippen MR) is 79.8 cm³/mol. The SMILES string of the molecule is CC1(C)C2CC=C(CCc3ccccc3C(=O)O)C1C2. The average molecular weight is 270 g/mol. The monoisotopic (exact) mass is 270 g/mol. The maximum atomic E-state index is 11.2. The Morgan fingerprint density at radius 1 is 1.30 bits per heavy atom. The summed E-state index contributed by atoms with van der Waals surface area (Å²) >= 11 is 0. The van der Waals surface area contributed by atoms with Crippen molar-refractivity contribution in [3.8, 4) is 0 Å². The third-order valence-corrected chi connectivity index (χ3v) is 5.51. The van der Waals surface area contributed by atoms with Crippen LogP contribution < -0.4 is 0 Å².